The van der Waals surface area contributed by atoms with E-state index < -0.39 is 5.41 Å². The fraction of sp³-hybridized carbons (Fsp3) is 0.909. The Labute approximate surface area is 161 Å². The SMILES string of the molecule is CC(C)CC(CC(=O)OCC(C)(C)C)(CC(C)C)C(=O)OCC(C)(C)C. The third-order valence-electron chi connectivity index (χ3n) is 3.82. The molecular weight excluding hydrogens is 328 g/mol. The largest absolute Gasteiger partial charge is 0.465 e. The van der Waals surface area contributed by atoms with Crippen molar-refractivity contribution in [2.24, 2.45) is 28.1 Å². The summed E-state index contributed by atoms with van der Waals surface area (Å²) in [6.45, 7) is 21.2. The zero-order chi connectivity index (χ0) is 20.8. The molecule has 0 bridgehead atoms. The number of ether oxygens (including phenoxy) is 2. The first-order chi connectivity index (χ1) is 11.6. The molecule has 154 valence electrons. The Morgan fingerprint density at radius 2 is 1.12 bits per heavy atom. The fourth-order valence-corrected chi connectivity index (χ4v) is 3.09. The van der Waals surface area contributed by atoms with E-state index in [1.54, 1.807) is 0 Å². The summed E-state index contributed by atoms with van der Waals surface area (Å²) in [4.78, 5) is 25.6. The molecule has 0 aromatic carbocycles. The van der Waals surface area contributed by atoms with Crippen LogP contribution in [0.15, 0.2) is 0 Å². The summed E-state index contributed by atoms with van der Waals surface area (Å²) in [6, 6.07) is 0. The van der Waals surface area contributed by atoms with Gasteiger partial charge in [0, 0.05) is 0 Å². The van der Waals surface area contributed by atoms with Gasteiger partial charge in [0.15, 0.2) is 0 Å². The average molecular weight is 371 g/mol. The molecule has 0 aliphatic carbocycles. The second kappa shape index (κ2) is 9.75. The maximum atomic E-state index is 13.1. The van der Waals surface area contributed by atoms with E-state index in [0.717, 1.165) is 0 Å². The molecule has 0 aromatic rings. The van der Waals surface area contributed by atoms with Crippen LogP contribution < -0.4 is 0 Å². The summed E-state index contributed by atoms with van der Waals surface area (Å²) in [5.41, 5.74) is -1.02. The second-order valence-electron chi connectivity index (χ2n) is 11.0. The van der Waals surface area contributed by atoms with Gasteiger partial charge in [-0.15, -0.1) is 0 Å². The zero-order valence-corrected chi connectivity index (χ0v) is 18.8. The molecule has 0 saturated heterocycles. The van der Waals surface area contributed by atoms with E-state index in [1.165, 1.54) is 0 Å². The van der Waals surface area contributed by atoms with E-state index in [0.29, 0.717) is 26.1 Å². The Morgan fingerprint density at radius 1 is 0.731 bits per heavy atom. The molecule has 0 unspecified atom stereocenters. The van der Waals surface area contributed by atoms with Crippen LogP contribution in [0.25, 0.3) is 0 Å². The van der Waals surface area contributed by atoms with E-state index in [1.807, 2.05) is 41.5 Å². The van der Waals surface area contributed by atoms with E-state index in [-0.39, 0.29) is 41.0 Å². The monoisotopic (exact) mass is 370 g/mol. The summed E-state index contributed by atoms with van der Waals surface area (Å²) < 4.78 is 11.1. The molecule has 0 heterocycles. The van der Waals surface area contributed by atoms with E-state index in [2.05, 4.69) is 27.7 Å². The van der Waals surface area contributed by atoms with Crippen molar-refractivity contribution in [2.75, 3.05) is 13.2 Å². The maximum absolute atomic E-state index is 13.1. The van der Waals surface area contributed by atoms with Crippen LogP contribution in [0.5, 0.6) is 0 Å². The highest BCUT2D eigenvalue weighted by Gasteiger charge is 2.44. The Hall–Kier alpha value is -1.06. The van der Waals surface area contributed by atoms with Crippen LogP contribution in [0.4, 0.5) is 0 Å². The molecule has 4 nitrogen and oxygen atoms in total. The molecule has 26 heavy (non-hydrogen) atoms. The molecule has 0 rings (SSSR count). The molecule has 0 aromatic heterocycles. The van der Waals surface area contributed by atoms with E-state index in [9.17, 15) is 9.59 Å². The average Bonchev–Trinajstić information content (AvgIpc) is 2.39. The van der Waals surface area contributed by atoms with Gasteiger partial charge in [0.1, 0.15) is 0 Å². The first kappa shape index (κ1) is 24.9. The van der Waals surface area contributed by atoms with Gasteiger partial charge in [0.25, 0.3) is 0 Å². The van der Waals surface area contributed by atoms with Gasteiger partial charge in [0.2, 0.25) is 0 Å². The molecule has 4 heteroatoms. The van der Waals surface area contributed by atoms with Crippen LogP contribution in [0.2, 0.25) is 0 Å². The molecule has 0 saturated carbocycles. The van der Waals surface area contributed by atoms with E-state index in [4.69, 9.17) is 9.47 Å². The highest BCUT2D eigenvalue weighted by Crippen LogP contribution is 2.39. The minimum Gasteiger partial charge on any atom is -0.465 e. The predicted octanol–water partition coefficient (Wildman–Crippen LogP) is 5.63. The number of carbonyl (C=O) groups is 2. The minimum absolute atomic E-state index is 0.0857. The van der Waals surface area contributed by atoms with Gasteiger partial charge in [0.05, 0.1) is 25.0 Å². The lowest BCUT2D eigenvalue weighted by molar-refractivity contribution is -0.168. The van der Waals surface area contributed by atoms with Gasteiger partial charge in [-0.3, -0.25) is 9.59 Å². The third-order valence-corrected chi connectivity index (χ3v) is 3.82. The van der Waals surface area contributed by atoms with Crippen molar-refractivity contribution in [1.29, 1.82) is 0 Å². The first-order valence-electron chi connectivity index (χ1n) is 9.89. The van der Waals surface area contributed by atoms with E-state index >= 15 is 0 Å². The summed E-state index contributed by atoms with van der Waals surface area (Å²) >= 11 is 0. The second-order valence-corrected chi connectivity index (χ2v) is 11.0. The summed E-state index contributed by atoms with van der Waals surface area (Å²) in [7, 11) is 0. The minimum atomic E-state index is -0.817. The van der Waals surface area contributed by atoms with Crippen molar-refractivity contribution >= 4 is 11.9 Å². The molecule has 0 atom stereocenters. The molecule has 0 N–H and O–H groups in total. The Balaban J connectivity index is 5.45. The van der Waals surface area contributed by atoms with Crippen LogP contribution in [-0.4, -0.2) is 25.2 Å². The maximum Gasteiger partial charge on any atom is 0.312 e. The smallest absolute Gasteiger partial charge is 0.312 e. The van der Waals surface area contributed by atoms with Crippen molar-refractivity contribution in [1.82, 2.24) is 0 Å². The number of carbonyl (C=O) groups excluding carboxylic acids is 2. The molecule has 0 aliphatic rings. The number of hydrogen-bond acceptors (Lipinski definition) is 4. The lowest BCUT2D eigenvalue weighted by Gasteiger charge is -2.35. The molecule has 0 spiro atoms. The highest BCUT2D eigenvalue weighted by atomic mass is 16.5. The Morgan fingerprint density at radius 3 is 1.46 bits per heavy atom. The standard InChI is InChI=1S/C22H42O4/c1-16(2)11-22(12-17(3)4,19(24)26-15-21(8,9)10)13-18(23)25-14-20(5,6)7/h16-17H,11-15H2,1-10H3. The molecule has 0 amide bonds. The van der Waals surface area contributed by atoms with Gasteiger partial charge >= 0.3 is 11.9 Å². The van der Waals surface area contributed by atoms with Crippen molar-refractivity contribution in [3.63, 3.8) is 0 Å². The molecule has 0 radical (unpaired) electrons. The van der Waals surface area contributed by atoms with Crippen LogP contribution in [-0.2, 0) is 19.1 Å². The van der Waals surface area contributed by atoms with Crippen molar-refractivity contribution in [2.45, 2.75) is 88.5 Å². The van der Waals surface area contributed by atoms with Gasteiger partial charge in [-0.05, 0) is 35.5 Å². The number of rotatable bonds is 9. The molecule has 0 aliphatic heterocycles. The highest BCUT2D eigenvalue weighted by molar-refractivity contribution is 5.83. The lowest BCUT2D eigenvalue weighted by atomic mass is 9.72. The molecule has 0 fully saturated rings. The third kappa shape index (κ3) is 10.8. The number of esters is 2. The van der Waals surface area contributed by atoms with Crippen LogP contribution >= 0.6 is 0 Å². The van der Waals surface area contributed by atoms with Crippen LogP contribution in [0.3, 0.4) is 0 Å². The Bertz CT molecular complexity index is 440. The quantitative estimate of drug-likeness (QED) is 0.493. The topological polar surface area (TPSA) is 52.6 Å². The summed E-state index contributed by atoms with van der Waals surface area (Å²) in [6.07, 6.45) is 1.33. The van der Waals surface area contributed by atoms with Gasteiger partial charge in [-0.2, -0.15) is 0 Å². The van der Waals surface area contributed by atoms with Crippen molar-refractivity contribution in [3.8, 4) is 0 Å². The lowest BCUT2D eigenvalue weighted by Crippen LogP contribution is -2.40. The first-order valence-corrected chi connectivity index (χ1v) is 9.89. The normalized spacial score (nSPS) is 13.2. The van der Waals surface area contributed by atoms with Gasteiger partial charge < -0.3 is 9.47 Å². The predicted molar refractivity (Wildman–Crippen MR) is 107 cm³/mol. The summed E-state index contributed by atoms with van der Waals surface area (Å²) in [5.74, 6) is -0.00540. The van der Waals surface area contributed by atoms with Crippen LogP contribution in [0.1, 0.15) is 88.5 Å². The Kier molecular flexibility index (Phi) is 9.36. The van der Waals surface area contributed by atoms with Crippen molar-refractivity contribution in [3.05, 3.63) is 0 Å². The van der Waals surface area contributed by atoms with Gasteiger partial charge in [-0.25, -0.2) is 0 Å². The zero-order valence-electron chi connectivity index (χ0n) is 18.8. The van der Waals surface area contributed by atoms with Crippen LogP contribution in [0, 0.1) is 28.1 Å². The molecular formula is C22H42O4. The number of hydrogen-bond donors (Lipinski definition) is 0. The summed E-state index contributed by atoms with van der Waals surface area (Å²) in [5, 5.41) is 0. The van der Waals surface area contributed by atoms with Crippen molar-refractivity contribution < 1.29 is 19.1 Å². The van der Waals surface area contributed by atoms with Gasteiger partial charge in [-0.1, -0.05) is 69.2 Å². The fourth-order valence-electron chi connectivity index (χ4n) is 3.09.